The number of nitrogens with one attached hydrogen (secondary N) is 1. The van der Waals surface area contributed by atoms with Gasteiger partial charge in [-0.2, -0.15) is 5.10 Å². The van der Waals surface area contributed by atoms with Crippen LogP contribution in [0.4, 0.5) is 5.69 Å². The average molecular weight is 376 g/mol. The molecule has 0 spiro atoms. The van der Waals surface area contributed by atoms with Crippen molar-refractivity contribution in [2.24, 2.45) is 7.05 Å². The molecule has 2 aromatic rings. The standard InChI is InChI=1S/C12H11ClIN3O/c1-7-9(6-15-17(7)2)12(18)16-11-4-3-8(13)5-10(11)14/h3-6H,1-2H3,(H,16,18). The minimum atomic E-state index is -0.166. The van der Waals surface area contributed by atoms with Crippen molar-refractivity contribution in [1.82, 2.24) is 9.78 Å². The summed E-state index contributed by atoms with van der Waals surface area (Å²) >= 11 is 8.00. The lowest BCUT2D eigenvalue weighted by atomic mass is 10.2. The van der Waals surface area contributed by atoms with Gasteiger partial charge in [-0.25, -0.2) is 0 Å². The van der Waals surface area contributed by atoms with Crippen molar-refractivity contribution >= 4 is 45.8 Å². The summed E-state index contributed by atoms with van der Waals surface area (Å²) in [5.74, 6) is -0.166. The van der Waals surface area contributed by atoms with Gasteiger partial charge >= 0.3 is 0 Å². The van der Waals surface area contributed by atoms with Gasteiger partial charge in [0.15, 0.2) is 0 Å². The summed E-state index contributed by atoms with van der Waals surface area (Å²) in [6, 6.07) is 5.33. The van der Waals surface area contributed by atoms with Crippen molar-refractivity contribution in [1.29, 1.82) is 0 Å². The van der Waals surface area contributed by atoms with Gasteiger partial charge in [0, 0.05) is 21.3 Å². The molecule has 18 heavy (non-hydrogen) atoms. The lowest BCUT2D eigenvalue weighted by Crippen LogP contribution is -2.13. The zero-order valence-corrected chi connectivity index (χ0v) is 12.8. The van der Waals surface area contributed by atoms with E-state index in [2.05, 4.69) is 33.0 Å². The number of benzene rings is 1. The number of hydrogen-bond acceptors (Lipinski definition) is 2. The maximum atomic E-state index is 12.1. The molecule has 0 bridgehead atoms. The number of aromatic nitrogens is 2. The van der Waals surface area contributed by atoms with Crippen molar-refractivity contribution in [3.8, 4) is 0 Å². The van der Waals surface area contributed by atoms with Gasteiger partial charge in [-0.3, -0.25) is 9.48 Å². The van der Waals surface area contributed by atoms with Crippen LogP contribution in [0.2, 0.25) is 5.02 Å². The van der Waals surface area contributed by atoms with Crippen LogP contribution in [0, 0.1) is 10.5 Å². The minimum absolute atomic E-state index is 0.166. The third kappa shape index (κ3) is 2.67. The van der Waals surface area contributed by atoms with Crippen LogP contribution in [-0.4, -0.2) is 15.7 Å². The number of carbonyl (C=O) groups is 1. The molecule has 4 nitrogen and oxygen atoms in total. The molecular weight excluding hydrogens is 365 g/mol. The molecule has 0 aliphatic carbocycles. The van der Waals surface area contributed by atoms with Crippen molar-refractivity contribution in [3.05, 3.63) is 44.2 Å². The van der Waals surface area contributed by atoms with E-state index in [0.29, 0.717) is 10.6 Å². The second-order valence-electron chi connectivity index (χ2n) is 3.85. The maximum Gasteiger partial charge on any atom is 0.259 e. The monoisotopic (exact) mass is 375 g/mol. The number of halogens is 2. The Balaban J connectivity index is 2.24. The number of hydrogen-bond donors (Lipinski definition) is 1. The fourth-order valence-corrected chi connectivity index (χ4v) is 2.51. The molecule has 1 heterocycles. The summed E-state index contributed by atoms with van der Waals surface area (Å²) in [4.78, 5) is 12.1. The Morgan fingerprint density at radius 2 is 2.22 bits per heavy atom. The molecule has 0 radical (unpaired) electrons. The van der Waals surface area contributed by atoms with Gasteiger partial charge in [0.25, 0.3) is 5.91 Å². The maximum absolute atomic E-state index is 12.1. The molecule has 0 atom stereocenters. The molecule has 0 saturated heterocycles. The third-order valence-electron chi connectivity index (χ3n) is 2.66. The van der Waals surface area contributed by atoms with Crippen molar-refractivity contribution in [3.63, 3.8) is 0 Å². The second kappa shape index (κ2) is 5.27. The molecule has 1 N–H and O–H groups in total. The molecule has 94 valence electrons. The third-order valence-corrected chi connectivity index (χ3v) is 3.79. The normalized spacial score (nSPS) is 10.4. The summed E-state index contributed by atoms with van der Waals surface area (Å²) in [6.07, 6.45) is 1.56. The minimum Gasteiger partial charge on any atom is -0.321 e. The number of amides is 1. The lowest BCUT2D eigenvalue weighted by molar-refractivity contribution is 0.102. The molecule has 0 aliphatic heterocycles. The Labute approximate surface area is 123 Å². The molecule has 0 saturated carbocycles. The summed E-state index contributed by atoms with van der Waals surface area (Å²) < 4.78 is 2.57. The van der Waals surface area contributed by atoms with Crippen molar-refractivity contribution < 1.29 is 4.79 Å². The summed E-state index contributed by atoms with van der Waals surface area (Å²) in [7, 11) is 1.80. The highest BCUT2D eigenvalue weighted by Gasteiger charge is 2.14. The predicted octanol–water partition coefficient (Wildman–Crippen LogP) is 3.24. The van der Waals surface area contributed by atoms with Crippen LogP contribution >= 0.6 is 34.2 Å². The van der Waals surface area contributed by atoms with Gasteiger partial charge < -0.3 is 5.32 Å². The van der Waals surface area contributed by atoms with Gasteiger partial charge in [-0.15, -0.1) is 0 Å². The van der Waals surface area contributed by atoms with Gasteiger partial charge in [0.05, 0.1) is 17.4 Å². The van der Waals surface area contributed by atoms with E-state index < -0.39 is 0 Å². The van der Waals surface area contributed by atoms with Crippen LogP contribution in [-0.2, 0) is 7.05 Å². The molecule has 2 rings (SSSR count). The van der Waals surface area contributed by atoms with Gasteiger partial charge in [-0.05, 0) is 47.7 Å². The number of anilines is 1. The second-order valence-corrected chi connectivity index (χ2v) is 5.44. The van der Waals surface area contributed by atoms with E-state index in [9.17, 15) is 4.79 Å². The molecule has 1 aromatic carbocycles. The molecule has 0 fully saturated rings. The SMILES string of the molecule is Cc1c(C(=O)Nc2ccc(Cl)cc2I)cnn1C. The smallest absolute Gasteiger partial charge is 0.259 e. The lowest BCUT2D eigenvalue weighted by Gasteiger charge is -2.07. The molecule has 6 heteroatoms. The van der Waals surface area contributed by atoms with E-state index in [1.54, 1.807) is 36.1 Å². The van der Waals surface area contributed by atoms with Crippen molar-refractivity contribution in [2.75, 3.05) is 5.32 Å². The Morgan fingerprint density at radius 1 is 1.50 bits per heavy atom. The van der Waals surface area contributed by atoms with E-state index in [0.717, 1.165) is 15.0 Å². The molecule has 0 unspecified atom stereocenters. The highest BCUT2D eigenvalue weighted by atomic mass is 127. The summed E-state index contributed by atoms with van der Waals surface area (Å²) in [5, 5.41) is 7.55. The number of aryl methyl sites for hydroxylation is 1. The molecular formula is C12H11ClIN3O. The van der Waals surface area contributed by atoms with Crippen LogP contribution < -0.4 is 5.32 Å². The van der Waals surface area contributed by atoms with Gasteiger partial charge in [0.1, 0.15) is 0 Å². The number of nitrogens with zero attached hydrogens (tertiary/aromatic N) is 2. The largest absolute Gasteiger partial charge is 0.321 e. The highest BCUT2D eigenvalue weighted by Crippen LogP contribution is 2.23. The number of carbonyl (C=O) groups excluding carboxylic acids is 1. The fourth-order valence-electron chi connectivity index (χ4n) is 1.50. The van der Waals surface area contributed by atoms with Gasteiger partial charge in [0.2, 0.25) is 0 Å². The molecule has 1 amide bonds. The highest BCUT2D eigenvalue weighted by molar-refractivity contribution is 14.1. The first-order chi connectivity index (χ1) is 8.49. The topological polar surface area (TPSA) is 46.9 Å². The Kier molecular flexibility index (Phi) is 3.91. The van der Waals surface area contributed by atoms with E-state index in [4.69, 9.17) is 11.6 Å². The fraction of sp³-hybridized carbons (Fsp3) is 0.167. The quantitative estimate of drug-likeness (QED) is 0.819. The van der Waals surface area contributed by atoms with E-state index in [1.807, 2.05) is 6.92 Å². The van der Waals surface area contributed by atoms with Crippen LogP contribution in [0.1, 0.15) is 16.1 Å². The summed E-state index contributed by atoms with van der Waals surface area (Å²) in [6.45, 7) is 1.86. The Morgan fingerprint density at radius 3 is 2.78 bits per heavy atom. The Hall–Kier alpha value is -1.08. The summed E-state index contributed by atoms with van der Waals surface area (Å²) in [5.41, 5.74) is 2.15. The van der Waals surface area contributed by atoms with E-state index in [1.165, 1.54) is 0 Å². The first-order valence-corrected chi connectivity index (χ1v) is 6.69. The molecule has 0 aliphatic rings. The van der Waals surface area contributed by atoms with Crippen LogP contribution in [0.15, 0.2) is 24.4 Å². The zero-order chi connectivity index (χ0) is 13.3. The average Bonchev–Trinajstić information content (AvgIpc) is 2.64. The zero-order valence-electron chi connectivity index (χ0n) is 9.87. The van der Waals surface area contributed by atoms with E-state index in [-0.39, 0.29) is 5.91 Å². The van der Waals surface area contributed by atoms with Crippen molar-refractivity contribution in [2.45, 2.75) is 6.92 Å². The predicted molar refractivity (Wildman–Crippen MR) is 80.1 cm³/mol. The number of rotatable bonds is 2. The van der Waals surface area contributed by atoms with Crippen LogP contribution in [0.5, 0.6) is 0 Å². The first kappa shape index (κ1) is 13.4. The van der Waals surface area contributed by atoms with E-state index >= 15 is 0 Å². The van der Waals surface area contributed by atoms with Crippen LogP contribution in [0.25, 0.3) is 0 Å². The molecule has 1 aromatic heterocycles. The Bertz CT molecular complexity index is 609. The first-order valence-electron chi connectivity index (χ1n) is 5.24. The van der Waals surface area contributed by atoms with Crippen LogP contribution in [0.3, 0.4) is 0 Å². The van der Waals surface area contributed by atoms with Gasteiger partial charge in [-0.1, -0.05) is 11.6 Å².